The van der Waals surface area contributed by atoms with Crippen LogP contribution in [0.25, 0.3) is 0 Å². The number of aryl methyl sites for hydroxylation is 2. The standard InChI is InChI=1S/C22H28N2O2/c1-6-24(15-18-10-8-7-9-11-18)21(26)22(4,5)20(25)23-19-13-12-16(2)14-17(19)3/h7-14H,6,15H2,1-5H3,(H,23,25). The molecule has 0 heterocycles. The third kappa shape index (κ3) is 4.51. The first-order valence-corrected chi connectivity index (χ1v) is 8.97. The van der Waals surface area contributed by atoms with Gasteiger partial charge in [0.1, 0.15) is 5.41 Å². The van der Waals surface area contributed by atoms with Crippen LogP contribution in [0.15, 0.2) is 48.5 Å². The molecular weight excluding hydrogens is 324 g/mol. The summed E-state index contributed by atoms with van der Waals surface area (Å²) in [5, 5.41) is 2.91. The summed E-state index contributed by atoms with van der Waals surface area (Å²) >= 11 is 0. The van der Waals surface area contributed by atoms with Gasteiger partial charge < -0.3 is 10.2 Å². The number of rotatable bonds is 6. The average molecular weight is 352 g/mol. The molecule has 0 saturated heterocycles. The maximum Gasteiger partial charge on any atom is 0.239 e. The zero-order chi connectivity index (χ0) is 19.3. The Morgan fingerprint density at radius 1 is 1.04 bits per heavy atom. The molecule has 0 radical (unpaired) electrons. The van der Waals surface area contributed by atoms with Gasteiger partial charge in [-0.05, 0) is 51.8 Å². The number of amides is 2. The van der Waals surface area contributed by atoms with E-state index in [9.17, 15) is 9.59 Å². The fourth-order valence-corrected chi connectivity index (χ4v) is 2.86. The number of benzene rings is 2. The van der Waals surface area contributed by atoms with Gasteiger partial charge in [0.05, 0.1) is 0 Å². The number of carbonyl (C=O) groups excluding carboxylic acids is 2. The van der Waals surface area contributed by atoms with Gasteiger partial charge >= 0.3 is 0 Å². The third-order valence-corrected chi connectivity index (χ3v) is 4.62. The van der Waals surface area contributed by atoms with Crippen LogP contribution in [0.5, 0.6) is 0 Å². The molecule has 0 aliphatic heterocycles. The van der Waals surface area contributed by atoms with Crippen molar-refractivity contribution in [3.8, 4) is 0 Å². The predicted octanol–water partition coefficient (Wildman–Crippen LogP) is 4.32. The van der Waals surface area contributed by atoms with E-state index in [-0.39, 0.29) is 11.8 Å². The van der Waals surface area contributed by atoms with E-state index < -0.39 is 5.41 Å². The summed E-state index contributed by atoms with van der Waals surface area (Å²) in [6.45, 7) is 10.3. The number of anilines is 1. The quantitative estimate of drug-likeness (QED) is 0.787. The molecule has 2 rings (SSSR count). The van der Waals surface area contributed by atoms with E-state index in [1.54, 1.807) is 18.7 Å². The summed E-state index contributed by atoms with van der Waals surface area (Å²) in [7, 11) is 0. The Hall–Kier alpha value is -2.62. The first-order chi connectivity index (χ1) is 12.3. The van der Waals surface area contributed by atoms with Crippen LogP contribution in [0.1, 0.15) is 37.5 Å². The molecule has 2 aromatic carbocycles. The molecule has 0 fully saturated rings. The fraction of sp³-hybridized carbons (Fsp3) is 0.364. The lowest BCUT2D eigenvalue weighted by atomic mass is 9.89. The third-order valence-electron chi connectivity index (χ3n) is 4.62. The molecule has 0 bridgehead atoms. The largest absolute Gasteiger partial charge is 0.338 e. The van der Waals surface area contributed by atoms with E-state index >= 15 is 0 Å². The predicted molar refractivity (Wildman–Crippen MR) is 106 cm³/mol. The lowest BCUT2D eigenvalue weighted by Gasteiger charge is -2.30. The molecule has 26 heavy (non-hydrogen) atoms. The molecule has 0 aliphatic carbocycles. The topological polar surface area (TPSA) is 49.4 Å². The van der Waals surface area contributed by atoms with Crippen molar-refractivity contribution < 1.29 is 9.59 Å². The zero-order valence-corrected chi connectivity index (χ0v) is 16.3. The normalized spacial score (nSPS) is 11.1. The van der Waals surface area contributed by atoms with Gasteiger partial charge in [0.2, 0.25) is 11.8 Å². The Morgan fingerprint density at radius 3 is 2.27 bits per heavy atom. The Bertz CT molecular complexity index is 782. The molecule has 1 N–H and O–H groups in total. The van der Waals surface area contributed by atoms with Crippen molar-refractivity contribution in [1.29, 1.82) is 0 Å². The van der Waals surface area contributed by atoms with Crippen LogP contribution in [-0.2, 0) is 16.1 Å². The van der Waals surface area contributed by atoms with E-state index in [2.05, 4.69) is 5.32 Å². The minimum absolute atomic E-state index is 0.175. The number of nitrogens with zero attached hydrogens (tertiary/aromatic N) is 1. The van der Waals surface area contributed by atoms with Crippen LogP contribution < -0.4 is 5.32 Å². The molecule has 0 aromatic heterocycles. The van der Waals surface area contributed by atoms with Crippen molar-refractivity contribution in [3.05, 3.63) is 65.2 Å². The molecule has 138 valence electrons. The van der Waals surface area contributed by atoms with Gasteiger partial charge in [-0.1, -0.05) is 48.0 Å². The molecule has 4 nitrogen and oxygen atoms in total. The van der Waals surface area contributed by atoms with E-state index in [4.69, 9.17) is 0 Å². The van der Waals surface area contributed by atoms with Crippen LogP contribution in [-0.4, -0.2) is 23.3 Å². The highest BCUT2D eigenvalue weighted by Crippen LogP contribution is 2.25. The van der Waals surface area contributed by atoms with Crippen LogP contribution in [0, 0.1) is 19.3 Å². The first kappa shape index (κ1) is 19.7. The highest BCUT2D eigenvalue weighted by Gasteiger charge is 2.39. The summed E-state index contributed by atoms with van der Waals surface area (Å²) in [5.74, 6) is -0.466. The highest BCUT2D eigenvalue weighted by molar-refractivity contribution is 6.10. The maximum absolute atomic E-state index is 13.0. The second kappa shape index (κ2) is 8.17. The molecule has 0 saturated carbocycles. The summed E-state index contributed by atoms with van der Waals surface area (Å²) in [6, 6.07) is 15.7. The maximum atomic E-state index is 13.0. The van der Waals surface area contributed by atoms with Crippen LogP contribution in [0.3, 0.4) is 0 Å². The van der Waals surface area contributed by atoms with Crippen molar-refractivity contribution >= 4 is 17.5 Å². The molecule has 0 unspecified atom stereocenters. The van der Waals surface area contributed by atoms with E-state index in [0.29, 0.717) is 13.1 Å². The Kier molecular flexibility index (Phi) is 6.19. The second-order valence-corrected chi connectivity index (χ2v) is 7.20. The van der Waals surface area contributed by atoms with E-state index in [1.165, 1.54) is 0 Å². The lowest BCUT2D eigenvalue weighted by molar-refractivity contribution is -0.146. The first-order valence-electron chi connectivity index (χ1n) is 8.97. The van der Waals surface area contributed by atoms with Crippen molar-refractivity contribution in [2.75, 3.05) is 11.9 Å². The SMILES string of the molecule is CCN(Cc1ccccc1)C(=O)C(C)(C)C(=O)Nc1ccc(C)cc1C. The van der Waals surface area contributed by atoms with Crippen molar-refractivity contribution in [3.63, 3.8) is 0 Å². The number of hydrogen-bond donors (Lipinski definition) is 1. The molecule has 2 amide bonds. The molecular formula is C22H28N2O2. The van der Waals surface area contributed by atoms with Gasteiger partial charge in [-0.3, -0.25) is 9.59 Å². The zero-order valence-electron chi connectivity index (χ0n) is 16.3. The minimum Gasteiger partial charge on any atom is -0.338 e. The summed E-state index contributed by atoms with van der Waals surface area (Å²) in [4.78, 5) is 27.6. The summed E-state index contributed by atoms with van der Waals surface area (Å²) in [5.41, 5.74) is 2.76. The molecule has 0 atom stereocenters. The molecule has 0 aliphatic rings. The average Bonchev–Trinajstić information content (AvgIpc) is 2.62. The second-order valence-electron chi connectivity index (χ2n) is 7.20. The van der Waals surface area contributed by atoms with Gasteiger partial charge in [-0.15, -0.1) is 0 Å². The smallest absolute Gasteiger partial charge is 0.239 e. The van der Waals surface area contributed by atoms with Crippen molar-refractivity contribution in [1.82, 2.24) is 4.90 Å². The fourth-order valence-electron chi connectivity index (χ4n) is 2.86. The van der Waals surface area contributed by atoms with Crippen LogP contribution in [0.2, 0.25) is 0 Å². The number of hydrogen-bond acceptors (Lipinski definition) is 2. The molecule has 0 spiro atoms. The van der Waals surface area contributed by atoms with Crippen LogP contribution in [0.4, 0.5) is 5.69 Å². The van der Waals surface area contributed by atoms with Gasteiger partial charge in [0, 0.05) is 18.8 Å². The highest BCUT2D eigenvalue weighted by atomic mass is 16.2. The Labute approximate surface area is 156 Å². The Balaban J connectivity index is 2.15. The Morgan fingerprint density at radius 2 is 1.69 bits per heavy atom. The van der Waals surface area contributed by atoms with E-state index in [1.807, 2.05) is 69.3 Å². The summed E-state index contributed by atoms with van der Waals surface area (Å²) < 4.78 is 0. The van der Waals surface area contributed by atoms with Crippen molar-refractivity contribution in [2.24, 2.45) is 5.41 Å². The van der Waals surface area contributed by atoms with Gasteiger partial charge in [0.15, 0.2) is 0 Å². The van der Waals surface area contributed by atoms with E-state index in [0.717, 1.165) is 22.4 Å². The monoisotopic (exact) mass is 352 g/mol. The lowest BCUT2D eigenvalue weighted by Crippen LogP contribution is -2.47. The molecule has 4 heteroatoms. The molecule has 2 aromatic rings. The minimum atomic E-state index is -1.15. The number of nitrogens with one attached hydrogen (secondary N) is 1. The van der Waals surface area contributed by atoms with Crippen molar-refractivity contribution in [2.45, 2.75) is 41.2 Å². The summed E-state index contributed by atoms with van der Waals surface area (Å²) in [6.07, 6.45) is 0. The van der Waals surface area contributed by atoms with Crippen LogP contribution >= 0.6 is 0 Å². The van der Waals surface area contributed by atoms with Gasteiger partial charge in [-0.2, -0.15) is 0 Å². The van der Waals surface area contributed by atoms with Gasteiger partial charge in [0.25, 0.3) is 0 Å². The van der Waals surface area contributed by atoms with Gasteiger partial charge in [-0.25, -0.2) is 0 Å². The number of carbonyl (C=O) groups is 2.